The Labute approximate surface area is 93.4 Å². The van der Waals surface area contributed by atoms with E-state index in [1.807, 2.05) is 12.1 Å². The highest BCUT2D eigenvalue weighted by Gasteiger charge is 2.08. The van der Waals surface area contributed by atoms with Crippen LogP contribution in [0.1, 0.15) is 12.5 Å². The van der Waals surface area contributed by atoms with Gasteiger partial charge in [-0.3, -0.25) is 4.79 Å². The maximum atomic E-state index is 11.0. The molecule has 0 spiro atoms. The lowest BCUT2D eigenvalue weighted by Crippen LogP contribution is -2.23. The Morgan fingerprint density at radius 3 is 2.64 bits per heavy atom. The average molecular weight is 232 g/mol. The molecular weight excluding hydrogens is 221 g/mol. The number of carbonyl (C=O) groups is 1. The molecule has 2 nitrogen and oxygen atoms in total. The van der Waals surface area contributed by atoms with Gasteiger partial charge in [-0.15, -0.1) is 0 Å². The van der Waals surface area contributed by atoms with Crippen LogP contribution in [0.5, 0.6) is 0 Å². The third-order valence-corrected chi connectivity index (χ3v) is 2.83. The maximum Gasteiger partial charge on any atom is 0.219 e. The highest BCUT2D eigenvalue weighted by molar-refractivity contribution is 6.42. The average Bonchev–Trinajstić information content (AvgIpc) is 2.12. The predicted molar refractivity (Wildman–Crippen MR) is 58.6 cm³/mol. The Hall–Kier alpha value is -0.730. The van der Waals surface area contributed by atoms with Crippen LogP contribution in [0.4, 0.5) is 0 Å². The molecule has 0 saturated heterocycles. The van der Waals surface area contributed by atoms with Gasteiger partial charge >= 0.3 is 0 Å². The van der Waals surface area contributed by atoms with Crippen LogP contribution in [0.25, 0.3) is 0 Å². The zero-order valence-corrected chi connectivity index (χ0v) is 9.56. The number of hydrogen-bond donors (Lipinski definition) is 0. The second-order valence-electron chi connectivity index (χ2n) is 3.09. The van der Waals surface area contributed by atoms with Gasteiger partial charge in [-0.1, -0.05) is 35.3 Å². The predicted octanol–water partition coefficient (Wildman–Crippen LogP) is 2.97. The summed E-state index contributed by atoms with van der Waals surface area (Å²) >= 11 is 11.8. The Kier molecular flexibility index (Phi) is 3.78. The van der Waals surface area contributed by atoms with E-state index in [1.54, 1.807) is 18.0 Å². The van der Waals surface area contributed by atoms with Gasteiger partial charge in [0.2, 0.25) is 5.91 Å². The molecule has 0 saturated carbocycles. The highest BCUT2D eigenvalue weighted by Crippen LogP contribution is 2.26. The summed E-state index contributed by atoms with van der Waals surface area (Å²) in [4.78, 5) is 12.6. The molecule has 1 aromatic rings. The van der Waals surface area contributed by atoms with Crippen molar-refractivity contribution in [2.24, 2.45) is 0 Å². The van der Waals surface area contributed by atoms with E-state index >= 15 is 0 Å². The van der Waals surface area contributed by atoms with Crippen LogP contribution in [0.3, 0.4) is 0 Å². The van der Waals surface area contributed by atoms with Gasteiger partial charge in [-0.05, 0) is 11.6 Å². The van der Waals surface area contributed by atoms with Gasteiger partial charge in [0, 0.05) is 20.5 Å². The molecular formula is C10H11Cl2NO. The molecule has 1 aromatic carbocycles. The standard InChI is InChI=1S/C10H11Cl2NO/c1-7(14)13(2)6-8-4-3-5-9(11)10(8)12/h3-5H,6H2,1-2H3. The quantitative estimate of drug-likeness (QED) is 0.767. The van der Waals surface area contributed by atoms with Crippen LogP contribution in [0, 0.1) is 0 Å². The Bertz CT molecular complexity index is 352. The second kappa shape index (κ2) is 4.67. The number of halogens is 2. The first-order chi connectivity index (χ1) is 6.52. The van der Waals surface area contributed by atoms with Crippen molar-refractivity contribution in [3.05, 3.63) is 33.8 Å². The van der Waals surface area contributed by atoms with Gasteiger partial charge < -0.3 is 4.90 Å². The Morgan fingerprint density at radius 2 is 2.07 bits per heavy atom. The minimum Gasteiger partial charge on any atom is -0.342 e. The molecule has 0 aliphatic heterocycles. The van der Waals surface area contributed by atoms with E-state index in [4.69, 9.17) is 23.2 Å². The van der Waals surface area contributed by atoms with E-state index in [1.165, 1.54) is 6.92 Å². The Balaban J connectivity index is 2.87. The summed E-state index contributed by atoms with van der Waals surface area (Å²) in [6, 6.07) is 5.40. The lowest BCUT2D eigenvalue weighted by Gasteiger charge is -2.15. The van der Waals surface area contributed by atoms with Gasteiger partial charge in [-0.25, -0.2) is 0 Å². The highest BCUT2D eigenvalue weighted by atomic mass is 35.5. The molecule has 0 fully saturated rings. The number of hydrogen-bond acceptors (Lipinski definition) is 1. The molecule has 0 radical (unpaired) electrons. The first kappa shape index (κ1) is 11.3. The summed E-state index contributed by atoms with van der Waals surface area (Å²) in [5.74, 6) is 0.000965. The molecule has 1 amide bonds. The van der Waals surface area contributed by atoms with Gasteiger partial charge in [-0.2, -0.15) is 0 Å². The molecule has 1 rings (SSSR count). The zero-order chi connectivity index (χ0) is 10.7. The van der Waals surface area contributed by atoms with Crippen LogP contribution in [0.2, 0.25) is 10.0 Å². The van der Waals surface area contributed by atoms with Crippen molar-refractivity contribution in [2.75, 3.05) is 7.05 Å². The minimum absolute atomic E-state index is 0.000965. The van der Waals surface area contributed by atoms with Crippen LogP contribution < -0.4 is 0 Å². The van der Waals surface area contributed by atoms with E-state index < -0.39 is 0 Å². The lowest BCUT2D eigenvalue weighted by molar-refractivity contribution is -0.128. The van der Waals surface area contributed by atoms with Crippen molar-refractivity contribution >= 4 is 29.1 Å². The fourth-order valence-electron chi connectivity index (χ4n) is 1.04. The molecule has 0 aliphatic rings. The van der Waals surface area contributed by atoms with Crippen molar-refractivity contribution in [3.63, 3.8) is 0 Å². The topological polar surface area (TPSA) is 20.3 Å². The monoisotopic (exact) mass is 231 g/mol. The molecule has 0 atom stereocenters. The van der Waals surface area contributed by atoms with Crippen LogP contribution >= 0.6 is 23.2 Å². The van der Waals surface area contributed by atoms with Crippen LogP contribution in [-0.4, -0.2) is 17.9 Å². The second-order valence-corrected chi connectivity index (χ2v) is 3.87. The summed E-state index contributed by atoms with van der Waals surface area (Å²) in [5.41, 5.74) is 0.858. The van der Waals surface area contributed by atoms with Crippen molar-refractivity contribution in [3.8, 4) is 0 Å². The van der Waals surface area contributed by atoms with Crippen molar-refractivity contribution < 1.29 is 4.79 Å². The number of rotatable bonds is 2. The first-order valence-electron chi connectivity index (χ1n) is 4.17. The summed E-state index contributed by atoms with van der Waals surface area (Å²) in [5, 5.41) is 1.03. The van der Waals surface area contributed by atoms with Crippen molar-refractivity contribution in [1.82, 2.24) is 4.90 Å². The normalized spacial score (nSPS) is 10.0. The van der Waals surface area contributed by atoms with Crippen LogP contribution in [-0.2, 0) is 11.3 Å². The molecule has 0 unspecified atom stereocenters. The maximum absolute atomic E-state index is 11.0. The van der Waals surface area contributed by atoms with E-state index in [0.717, 1.165) is 5.56 Å². The molecule has 0 aliphatic carbocycles. The van der Waals surface area contributed by atoms with Crippen molar-refractivity contribution in [2.45, 2.75) is 13.5 Å². The van der Waals surface area contributed by atoms with E-state index in [-0.39, 0.29) is 5.91 Å². The van der Waals surface area contributed by atoms with E-state index in [9.17, 15) is 4.79 Å². The molecule has 0 N–H and O–H groups in total. The van der Waals surface area contributed by atoms with Crippen molar-refractivity contribution in [1.29, 1.82) is 0 Å². The molecule has 4 heteroatoms. The van der Waals surface area contributed by atoms with Gasteiger partial charge in [0.05, 0.1) is 10.0 Å². The number of nitrogens with zero attached hydrogens (tertiary/aromatic N) is 1. The fourth-order valence-corrected chi connectivity index (χ4v) is 1.42. The largest absolute Gasteiger partial charge is 0.342 e. The number of carbonyl (C=O) groups excluding carboxylic acids is 1. The summed E-state index contributed by atoms with van der Waals surface area (Å²) in [6.07, 6.45) is 0. The molecule has 14 heavy (non-hydrogen) atoms. The van der Waals surface area contributed by atoms with Gasteiger partial charge in [0.25, 0.3) is 0 Å². The Morgan fingerprint density at radius 1 is 1.43 bits per heavy atom. The SMILES string of the molecule is CC(=O)N(C)Cc1cccc(Cl)c1Cl. The van der Waals surface area contributed by atoms with E-state index in [0.29, 0.717) is 16.6 Å². The molecule has 76 valence electrons. The smallest absolute Gasteiger partial charge is 0.219 e. The number of amides is 1. The van der Waals surface area contributed by atoms with Crippen LogP contribution in [0.15, 0.2) is 18.2 Å². The third-order valence-electron chi connectivity index (χ3n) is 1.98. The third kappa shape index (κ3) is 2.63. The lowest BCUT2D eigenvalue weighted by atomic mass is 10.2. The molecule has 0 bridgehead atoms. The fraction of sp³-hybridized carbons (Fsp3) is 0.300. The first-order valence-corrected chi connectivity index (χ1v) is 4.92. The summed E-state index contributed by atoms with van der Waals surface area (Å²) in [7, 11) is 1.72. The van der Waals surface area contributed by atoms with Gasteiger partial charge in [0.1, 0.15) is 0 Å². The summed E-state index contributed by atoms with van der Waals surface area (Å²) in [6.45, 7) is 1.99. The molecule has 0 aromatic heterocycles. The van der Waals surface area contributed by atoms with Gasteiger partial charge in [0.15, 0.2) is 0 Å². The minimum atomic E-state index is 0.000965. The zero-order valence-electron chi connectivity index (χ0n) is 8.05. The summed E-state index contributed by atoms with van der Waals surface area (Å²) < 4.78 is 0. The van der Waals surface area contributed by atoms with E-state index in [2.05, 4.69) is 0 Å². The number of benzene rings is 1. The molecule has 0 heterocycles.